The van der Waals surface area contributed by atoms with Crippen LogP contribution in [0.5, 0.6) is 0 Å². The molecule has 1 atom stereocenters. The van der Waals surface area contributed by atoms with E-state index in [2.05, 4.69) is 0 Å². The number of nitriles is 1. The highest BCUT2D eigenvalue weighted by Gasteiger charge is 2.38. The predicted octanol–water partition coefficient (Wildman–Crippen LogP) is 3.14. The lowest BCUT2D eigenvalue weighted by Crippen LogP contribution is -2.60. The quantitative estimate of drug-likeness (QED) is 0.677. The Hall–Kier alpha value is -3.61. The van der Waals surface area contributed by atoms with Crippen molar-refractivity contribution in [1.29, 1.82) is 5.26 Å². The predicted molar refractivity (Wildman–Crippen MR) is 108 cm³/mol. The van der Waals surface area contributed by atoms with Crippen LogP contribution in [0.1, 0.15) is 21.5 Å². The normalized spacial score (nSPS) is 16.5. The minimum absolute atomic E-state index is 0.0346. The van der Waals surface area contributed by atoms with E-state index in [1.165, 1.54) is 48.2 Å². The first-order valence-electron chi connectivity index (χ1n) is 9.67. The molecule has 2 aromatic carbocycles. The van der Waals surface area contributed by atoms with Gasteiger partial charge in [0, 0.05) is 45.0 Å². The summed E-state index contributed by atoms with van der Waals surface area (Å²) in [6.07, 6.45) is -4.71. The summed E-state index contributed by atoms with van der Waals surface area (Å²) in [6, 6.07) is 8.86. The third-order valence-electron chi connectivity index (χ3n) is 5.25. The van der Waals surface area contributed by atoms with Gasteiger partial charge in [0.2, 0.25) is 5.91 Å². The molecule has 2 aromatic rings. The van der Waals surface area contributed by atoms with Crippen LogP contribution in [0.25, 0.3) is 0 Å². The van der Waals surface area contributed by atoms with E-state index in [4.69, 9.17) is 5.26 Å². The van der Waals surface area contributed by atoms with Gasteiger partial charge in [0.05, 0.1) is 17.2 Å². The van der Waals surface area contributed by atoms with E-state index in [9.17, 15) is 27.2 Å². The molecule has 32 heavy (non-hydrogen) atoms. The molecule has 10 heteroatoms. The molecule has 0 spiro atoms. The van der Waals surface area contributed by atoms with Gasteiger partial charge >= 0.3 is 6.18 Å². The lowest BCUT2D eigenvalue weighted by molar-refractivity contribution is -0.138. The number of amides is 2. The molecule has 0 bridgehead atoms. The third-order valence-corrected chi connectivity index (χ3v) is 5.25. The van der Waals surface area contributed by atoms with Crippen molar-refractivity contribution in [2.24, 2.45) is 0 Å². The average molecular weight is 448 g/mol. The first-order valence-corrected chi connectivity index (χ1v) is 9.67. The SMILES string of the molecule is CN(C)C(=O)C1CN(c2ccc(C#N)c(C(F)(F)F)c2)CCN1C(=O)c1ccc(F)cc1. The molecule has 1 fully saturated rings. The second kappa shape index (κ2) is 8.86. The number of rotatable bonds is 3. The van der Waals surface area contributed by atoms with Gasteiger partial charge in [0.1, 0.15) is 11.9 Å². The number of nitrogens with zero attached hydrogens (tertiary/aromatic N) is 4. The van der Waals surface area contributed by atoms with E-state index in [0.29, 0.717) is 0 Å². The van der Waals surface area contributed by atoms with E-state index in [1.807, 2.05) is 0 Å². The molecular weight excluding hydrogens is 428 g/mol. The molecule has 0 N–H and O–H groups in total. The zero-order chi connectivity index (χ0) is 23.6. The van der Waals surface area contributed by atoms with Crippen LogP contribution in [0.2, 0.25) is 0 Å². The molecule has 1 heterocycles. The number of halogens is 4. The van der Waals surface area contributed by atoms with Gasteiger partial charge in [-0.3, -0.25) is 9.59 Å². The van der Waals surface area contributed by atoms with Crippen molar-refractivity contribution >= 4 is 17.5 Å². The van der Waals surface area contributed by atoms with Gasteiger partial charge < -0.3 is 14.7 Å². The summed E-state index contributed by atoms with van der Waals surface area (Å²) >= 11 is 0. The molecule has 1 unspecified atom stereocenters. The van der Waals surface area contributed by atoms with Gasteiger partial charge in [-0.15, -0.1) is 0 Å². The minimum Gasteiger partial charge on any atom is -0.367 e. The van der Waals surface area contributed by atoms with Crippen LogP contribution >= 0.6 is 0 Å². The van der Waals surface area contributed by atoms with E-state index in [0.717, 1.165) is 24.3 Å². The zero-order valence-corrected chi connectivity index (χ0v) is 17.4. The number of benzene rings is 2. The number of piperazine rings is 1. The van der Waals surface area contributed by atoms with Crippen LogP contribution in [0, 0.1) is 17.1 Å². The Kier molecular flexibility index (Phi) is 6.39. The van der Waals surface area contributed by atoms with Crippen LogP contribution in [0.15, 0.2) is 42.5 Å². The maximum absolute atomic E-state index is 13.4. The standard InChI is InChI=1S/C22H20F4N4O2/c1-28(2)21(32)19-13-29(17-8-5-15(12-27)18(11-17)22(24,25)26)9-10-30(19)20(31)14-3-6-16(23)7-4-14/h3-8,11,19H,9-10,13H2,1-2H3. The topological polar surface area (TPSA) is 67.7 Å². The van der Waals surface area contributed by atoms with Crippen LogP contribution in [0.3, 0.4) is 0 Å². The van der Waals surface area contributed by atoms with Crippen LogP contribution < -0.4 is 4.90 Å². The second-order valence-electron chi connectivity index (χ2n) is 7.54. The fraction of sp³-hybridized carbons (Fsp3) is 0.318. The molecule has 0 saturated carbocycles. The van der Waals surface area contributed by atoms with E-state index >= 15 is 0 Å². The molecule has 1 aliphatic rings. The van der Waals surface area contributed by atoms with Crippen molar-refractivity contribution in [2.75, 3.05) is 38.6 Å². The summed E-state index contributed by atoms with van der Waals surface area (Å²) in [5.74, 6) is -1.37. The number of alkyl halides is 3. The van der Waals surface area contributed by atoms with Crippen molar-refractivity contribution in [1.82, 2.24) is 9.80 Å². The van der Waals surface area contributed by atoms with Gasteiger partial charge in [-0.25, -0.2) is 4.39 Å². The van der Waals surface area contributed by atoms with Gasteiger partial charge in [-0.2, -0.15) is 18.4 Å². The highest BCUT2D eigenvalue weighted by atomic mass is 19.4. The van der Waals surface area contributed by atoms with Gasteiger partial charge in [0.25, 0.3) is 5.91 Å². The fourth-order valence-electron chi connectivity index (χ4n) is 3.59. The molecule has 0 aliphatic carbocycles. The summed E-state index contributed by atoms with van der Waals surface area (Å²) in [7, 11) is 3.04. The molecule has 0 radical (unpaired) electrons. The summed E-state index contributed by atoms with van der Waals surface area (Å²) in [5, 5.41) is 9.00. The monoisotopic (exact) mass is 448 g/mol. The second-order valence-corrected chi connectivity index (χ2v) is 7.54. The molecule has 0 aromatic heterocycles. The first-order chi connectivity index (χ1) is 15.0. The smallest absolute Gasteiger partial charge is 0.367 e. The van der Waals surface area contributed by atoms with E-state index in [-0.39, 0.29) is 30.9 Å². The van der Waals surface area contributed by atoms with Gasteiger partial charge in [-0.1, -0.05) is 0 Å². The Morgan fingerprint density at radius 1 is 1.09 bits per heavy atom. The zero-order valence-electron chi connectivity index (χ0n) is 17.4. The molecule has 3 rings (SSSR count). The number of anilines is 1. The number of hydrogen-bond acceptors (Lipinski definition) is 4. The van der Waals surface area contributed by atoms with Crippen molar-refractivity contribution in [3.05, 3.63) is 65.0 Å². The molecule has 1 aliphatic heterocycles. The largest absolute Gasteiger partial charge is 0.417 e. The Labute approximate surface area is 182 Å². The molecule has 1 saturated heterocycles. The molecule has 168 valence electrons. The van der Waals surface area contributed by atoms with Crippen LogP contribution in [-0.2, 0) is 11.0 Å². The molecule has 2 amide bonds. The summed E-state index contributed by atoms with van der Waals surface area (Å²) in [5.41, 5.74) is -1.15. The van der Waals surface area contributed by atoms with E-state index in [1.54, 1.807) is 4.90 Å². The number of likely N-dealkylation sites (N-methyl/N-ethyl adjacent to an activating group) is 1. The number of hydrogen-bond donors (Lipinski definition) is 0. The highest BCUT2D eigenvalue weighted by Crippen LogP contribution is 2.35. The maximum atomic E-state index is 13.4. The summed E-state index contributed by atoms with van der Waals surface area (Å²) < 4.78 is 53.3. The van der Waals surface area contributed by atoms with Crippen molar-refractivity contribution in [2.45, 2.75) is 12.2 Å². The van der Waals surface area contributed by atoms with Crippen molar-refractivity contribution in [3.8, 4) is 6.07 Å². The summed E-state index contributed by atoms with van der Waals surface area (Å²) in [4.78, 5) is 30.0. The minimum atomic E-state index is -4.71. The van der Waals surface area contributed by atoms with E-state index < -0.39 is 41.0 Å². The number of carbonyl (C=O) groups is 2. The Morgan fingerprint density at radius 2 is 1.75 bits per heavy atom. The Bertz CT molecular complexity index is 1060. The molecule has 6 nitrogen and oxygen atoms in total. The van der Waals surface area contributed by atoms with Gasteiger partial charge in [0.15, 0.2) is 0 Å². The number of carbonyl (C=O) groups excluding carboxylic acids is 2. The third kappa shape index (κ3) is 4.66. The maximum Gasteiger partial charge on any atom is 0.417 e. The van der Waals surface area contributed by atoms with Crippen LogP contribution in [-0.4, -0.2) is 61.4 Å². The Balaban J connectivity index is 1.93. The first kappa shape index (κ1) is 23.1. The highest BCUT2D eigenvalue weighted by molar-refractivity contribution is 5.98. The Morgan fingerprint density at radius 3 is 2.31 bits per heavy atom. The lowest BCUT2D eigenvalue weighted by atomic mass is 10.0. The van der Waals surface area contributed by atoms with Crippen LogP contribution in [0.4, 0.5) is 23.2 Å². The van der Waals surface area contributed by atoms with Crippen molar-refractivity contribution in [3.63, 3.8) is 0 Å². The van der Waals surface area contributed by atoms with Gasteiger partial charge in [-0.05, 0) is 42.5 Å². The average Bonchev–Trinajstić information content (AvgIpc) is 2.77. The lowest BCUT2D eigenvalue weighted by Gasteiger charge is -2.42. The molecular formula is C22H20F4N4O2. The summed E-state index contributed by atoms with van der Waals surface area (Å²) in [6.45, 7) is 0.211. The van der Waals surface area contributed by atoms with Crippen molar-refractivity contribution < 1.29 is 27.2 Å². The fourth-order valence-corrected chi connectivity index (χ4v) is 3.59.